The van der Waals surface area contributed by atoms with Crippen LogP contribution in [0.1, 0.15) is 49.5 Å². The largest absolute Gasteiger partial charge is 0.451 e. The number of hydrogen-bond donors (Lipinski definition) is 1. The first-order valence-corrected chi connectivity index (χ1v) is 11.8. The average molecular weight is 457 g/mol. The summed E-state index contributed by atoms with van der Waals surface area (Å²) < 4.78 is 12.0. The van der Waals surface area contributed by atoms with Crippen molar-refractivity contribution in [1.29, 1.82) is 0 Å². The highest BCUT2D eigenvalue weighted by atomic mass is 16.5. The molecule has 1 aliphatic carbocycles. The van der Waals surface area contributed by atoms with E-state index in [1.165, 1.54) is 11.1 Å². The van der Waals surface area contributed by atoms with Crippen LogP contribution in [0.5, 0.6) is 0 Å². The van der Waals surface area contributed by atoms with Gasteiger partial charge in [-0.3, -0.25) is 14.5 Å². The maximum atomic E-state index is 12.8. The summed E-state index contributed by atoms with van der Waals surface area (Å²) in [6.07, 6.45) is 5.60. The van der Waals surface area contributed by atoms with Crippen LogP contribution in [0.3, 0.4) is 0 Å². The molecule has 1 N–H and O–H groups in total. The minimum atomic E-state index is -0.718. The number of hydrogen-bond acceptors (Lipinski definition) is 7. The molecule has 2 aliphatic rings. The number of fused-ring (bicyclic) bond motifs is 1. The van der Waals surface area contributed by atoms with Gasteiger partial charge in [0.15, 0.2) is 12.3 Å². The second-order valence-electron chi connectivity index (χ2n) is 8.75. The van der Waals surface area contributed by atoms with E-state index < -0.39 is 5.97 Å². The lowest BCUT2D eigenvalue weighted by Crippen LogP contribution is -2.59. The number of nitrogens with one attached hydrogen (secondary N) is 1. The monoisotopic (exact) mass is 456 g/mol. The van der Waals surface area contributed by atoms with Crippen molar-refractivity contribution in [1.82, 2.24) is 20.0 Å². The van der Waals surface area contributed by atoms with Crippen molar-refractivity contribution >= 4 is 22.6 Å². The molecule has 1 aromatic heterocycles. The summed E-state index contributed by atoms with van der Waals surface area (Å²) in [5.41, 5.74) is -0.281. The van der Waals surface area contributed by atoms with Crippen LogP contribution in [0.25, 0.3) is 10.8 Å². The zero-order valence-corrected chi connectivity index (χ0v) is 19.2. The van der Waals surface area contributed by atoms with Crippen molar-refractivity contribution in [3.8, 4) is 0 Å². The van der Waals surface area contributed by atoms with Gasteiger partial charge in [-0.15, -0.1) is 0 Å². The molecule has 1 aromatic carbocycles. The number of amides is 1. The number of morpholine rings is 1. The van der Waals surface area contributed by atoms with Crippen LogP contribution < -0.4 is 10.9 Å². The number of esters is 1. The molecule has 1 aliphatic heterocycles. The number of aryl methyl sites for hydroxylation is 1. The molecule has 33 heavy (non-hydrogen) atoms. The number of nitrogens with zero attached hydrogens (tertiary/aromatic N) is 3. The molecule has 2 fully saturated rings. The lowest BCUT2D eigenvalue weighted by molar-refractivity contribution is -0.125. The Bertz CT molecular complexity index is 1050. The number of ether oxygens (including phenoxy) is 2. The maximum Gasteiger partial charge on any atom is 0.359 e. The molecule has 1 amide bonds. The molecular formula is C24H32N4O5. The fraction of sp³-hybridized carbons (Fsp3) is 0.583. The van der Waals surface area contributed by atoms with E-state index in [1.54, 1.807) is 31.2 Å². The van der Waals surface area contributed by atoms with E-state index in [0.717, 1.165) is 38.8 Å². The Morgan fingerprint density at radius 2 is 1.82 bits per heavy atom. The molecule has 0 atom stereocenters. The summed E-state index contributed by atoms with van der Waals surface area (Å²) in [6.45, 7) is 5.43. The average Bonchev–Trinajstić information content (AvgIpc) is 2.87. The van der Waals surface area contributed by atoms with E-state index in [0.29, 0.717) is 37.1 Å². The molecular weight excluding hydrogens is 424 g/mol. The second kappa shape index (κ2) is 10.4. The third-order valence-electron chi connectivity index (χ3n) is 6.78. The Hall–Kier alpha value is -2.78. The first-order valence-electron chi connectivity index (χ1n) is 11.8. The molecule has 9 nitrogen and oxygen atoms in total. The van der Waals surface area contributed by atoms with Crippen LogP contribution >= 0.6 is 0 Å². The summed E-state index contributed by atoms with van der Waals surface area (Å²) in [4.78, 5) is 40.3. The van der Waals surface area contributed by atoms with Gasteiger partial charge in [0.2, 0.25) is 0 Å². The summed E-state index contributed by atoms with van der Waals surface area (Å²) in [5.74, 6) is -1.06. The molecule has 0 spiro atoms. The van der Waals surface area contributed by atoms with Crippen molar-refractivity contribution in [3.63, 3.8) is 0 Å². The highest BCUT2D eigenvalue weighted by molar-refractivity contribution is 6.02. The lowest BCUT2D eigenvalue weighted by atomic mass is 9.79. The van der Waals surface area contributed by atoms with Gasteiger partial charge < -0.3 is 14.8 Å². The molecule has 0 unspecified atom stereocenters. The van der Waals surface area contributed by atoms with Crippen LogP contribution in [0.4, 0.5) is 0 Å². The van der Waals surface area contributed by atoms with E-state index in [2.05, 4.69) is 15.3 Å². The predicted octanol–water partition coefficient (Wildman–Crippen LogP) is 1.72. The SMILES string of the molecule is CCn1nc(C(=O)OCC(=O)NCC2(N3CCOCC3)CCCCC2)c2ccccc2c1=O. The van der Waals surface area contributed by atoms with Gasteiger partial charge in [0.1, 0.15) is 0 Å². The van der Waals surface area contributed by atoms with Gasteiger partial charge in [-0.1, -0.05) is 37.5 Å². The Kier molecular flexibility index (Phi) is 7.39. The van der Waals surface area contributed by atoms with Crippen molar-refractivity contribution in [2.45, 2.75) is 51.1 Å². The minimum Gasteiger partial charge on any atom is -0.451 e. The first-order chi connectivity index (χ1) is 16.0. The second-order valence-corrected chi connectivity index (χ2v) is 8.75. The summed E-state index contributed by atoms with van der Waals surface area (Å²) in [5, 5.41) is 7.98. The van der Waals surface area contributed by atoms with Gasteiger partial charge in [-0.05, 0) is 25.8 Å². The standard InChI is InChI=1S/C24H32N4O5/c1-2-28-22(30)19-9-5-4-8-18(19)21(26-28)23(31)33-16-20(29)25-17-24(10-6-3-7-11-24)27-12-14-32-15-13-27/h4-5,8-9H,2-3,6-7,10-17H2,1H3,(H,25,29). The Morgan fingerprint density at radius 1 is 1.12 bits per heavy atom. The predicted molar refractivity (Wildman–Crippen MR) is 123 cm³/mol. The Balaban J connectivity index is 1.40. The first kappa shape index (κ1) is 23.4. The summed E-state index contributed by atoms with van der Waals surface area (Å²) in [6, 6.07) is 6.79. The third-order valence-corrected chi connectivity index (χ3v) is 6.78. The molecule has 4 rings (SSSR count). The van der Waals surface area contributed by atoms with Crippen molar-refractivity contribution in [3.05, 3.63) is 40.3 Å². The van der Waals surface area contributed by atoms with E-state index in [-0.39, 0.29) is 29.3 Å². The fourth-order valence-corrected chi connectivity index (χ4v) is 4.97. The van der Waals surface area contributed by atoms with Gasteiger partial charge in [0.05, 0.1) is 18.6 Å². The zero-order valence-electron chi connectivity index (χ0n) is 19.2. The lowest BCUT2D eigenvalue weighted by Gasteiger charge is -2.48. The number of benzene rings is 1. The molecule has 2 aromatic rings. The van der Waals surface area contributed by atoms with E-state index in [4.69, 9.17) is 9.47 Å². The van der Waals surface area contributed by atoms with Gasteiger partial charge in [0, 0.05) is 37.1 Å². The Labute approximate surface area is 193 Å². The molecule has 0 radical (unpaired) electrons. The number of rotatable bonds is 7. The van der Waals surface area contributed by atoms with Crippen LogP contribution in [-0.2, 0) is 20.8 Å². The highest BCUT2D eigenvalue weighted by Crippen LogP contribution is 2.33. The maximum absolute atomic E-state index is 12.8. The van der Waals surface area contributed by atoms with Gasteiger partial charge in [0.25, 0.3) is 11.5 Å². The van der Waals surface area contributed by atoms with Crippen LogP contribution in [0.15, 0.2) is 29.1 Å². The van der Waals surface area contributed by atoms with Crippen molar-refractivity contribution in [2.75, 3.05) is 39.5 Å². The van der Waals surface area contributed by atoms with Crippen LogP contribution in [0.2, 0.25) is 0 Å². The molecule has 9 heteroatoms. The number of aromatic nitrogens is 2. The highest BCUT2D eigenvalue weighted by Gasteiger charge is 2.38. The normalized spacial score (nSPS) is 18.7. The quantitative estimate of drug-likeness (QED) is 0.633. The third kappa shape index (κ3) is 5.09. The summed E-state index contributed by atoms with van der Waals surface area (Å²) >= 11 is 0. The molecule has 178 valence electrons. The van der Waals surface area contributed by atoms with Gasteiger partial charge >= 0.3 is 5.97 Å². The number of carbonyl (C=O) groups excluding carboxylic acids is 2. The zero-order chi connectivity index (χ0) is 23.3. The van der Waals surface area contributed by atoms with E-state index in [1.807, 2.05) is 0 Å². The number of carbonyl (C=O) groups is 2. The molecule has 0 bridgehead atoms. The topological polar surface area (TPSA) is 103 Å². The van der Waals surface area contributed by atoms with E-state index >= 15 is 0 Å². The van der Waals surface area contributed by atoms with Gasteiger partial charge in [-0.25, -0.2) is 9.48 Å². The summed E-state index contributed by atoms with van der Waals surface area (Å²) in [7, 11) is 0. The fourth-order valence-electron chi connectivity index (χ4n) is 4.97. The minimum absolute atomic E-state index is 0.0388. The molecule has 2 heterocycles. The van der Waals surface area contributed by atoms with Crippen molar-refractivity contribution < 1.29 is 19.1 Å². The van der Waals surface area contributed by atoms with E-state index in [9.17, 15) is 14.4 Å². The van der Waals surface area contributed by atoms with Crippen LogP contribution in [-0.4, -0.2) is 71.6 Å². The molecule has 1 saturated carbocycles. The van der Waals surface area contributed by atoms with Crippen molar-refractivity contribution in [2.24, 2.45) is 0 Å². The smallest absolute Gasteiger partial charge is 0.359 e. The van der Waals surface area contributed by atoms with Crippen LogP contribution in [0, 0.1) is 0 Å². The Morgan fingerprint density at radius 3 is 2.52 bits per heavy atom. The van der Waals surface area contributed by atoms with Gasteiger partial charge in [-0.2, -0.15) is 5.10 Å². The molecule has 1 saturated heterocycles.